The normalized spacial score (nSPS) is 16.2. The molecule has 0 unspecified atom stereocenters. The zero-order chi connectivity index (χ0) is 20.3. The van der Waals surface area contributed by atoms with Crippen LogP contribution in [-0.4, -0.2) is 30.9 Å². The molecule has 0 saturated carbocycles. The number of amides is 2. The van der Waals surface area contributed by atoms with E-state index in [0.717, 1.165) is 11.1 Å². The van der Waals surface area contributed by atoms with E-state index in [2.05, 4.69) is 5.32 Å². The Balaban J connectivity index is 1.53. The van der Waals surface area contributed by atoms with Crippen molar-refractivity contribution in [2.45, 2.75) is 20.3 Å². The Morgan fingerprint density at radius 1 is 1.18 bits per heavy atom. The van der Waals surface area contributed by atoms with Crippen molar-refractivity contribution >= 4 is 40.8 Å². The maximum atomic E-state index is 12.3. The molecule has 1 heterocycles. The van der Waals surface area contributed by atoms with Gasteiger partial charge in [-0.25, -0.2) is 0 Å². The fraction of sp³-hybridized carbons (Fsp3) is 0.286. The third kappa shape index (κ3) is 4.51. The van der Waals surface area contributed by atoms with Crippen LogP contribution in [0.4, 0.5) is 11.4 Å². The lowest BCUT2D eigenvalue weighted by atomic mass is 10.1. The highest BCUT2D eigenvalue weighted by Gasteiger charge is 2.36. The molecular weight excluding hydrogens is 380 g/mol. The molecule has 1 saturated heterocycles. The number of carbonyl (C=O) groups is 3. The smallest absolute Gasteiger partial charge is 0.311 e. The second-order valence-corrected chi connectivity index (χ2v) is 7.22. The van der Waals surface area contributed by atoms with Crippen LogP contribution in [0, 0.1) is 19.8 Å². The van der Waals surface area contributed by atoms with Gasteiger partial charge in [0.15, 0.2) is 6.61 Å². The molecule has 0 aliphatic carbocycles. The lowest BCUT2D eigenvalue weighted by molar-refractivity contribution is -0.151. The van der Waals surface area contributed by atoms with Crippen molar-refractivity contribution in [3.63, 3.8) is 0 Å². The molecule has 2 aromatic rings. The van der Waals surface area contributed by atoms with E-state index in [1.54, 1.807) is 30.3 Å². The monoisotopic (exact) mass is 400 g/mol. The van der Waals surface area contributed by atoms with Gasteiger partial charge in [0, 0.05) is 29.4 Å². The molecule has 0 radical (unpaired) electrons. The van der Waals surface area contributed by atoms with Gasteiger partial charge in [0.1, 0.15) is 0 Å². The molecular formula is C21H21ClN2O4. The van der Waals surface area contributed by atoms with Gasteiger partial charge in [0.2, 0.25) is 5.91 Å². The van der Waals surface area contributed by atoms with Gasteiger partial charge in [-0.3, -0.25) is 14.4 Å². The zero-order valence-electron chi connectivity index (χ0n) is 15.7. The molecule has 1 atom stereocenters. The standard InChI is InChI=1S/C21H21ClN2O4/c1-13-4-3-5-18(14(13)2)23-19(25)12-28-21(27)15-10-20(26)24(11-15)17-8-6-16(22)7-9-17/h3-9,15H,10-12H2,1-2H3,(H,23,25)/t15-/m1/s1. The fourth-order valence-corrected chi connectivity index (χ4v) is 3.19. The number of nitrogens with zero attached hydrogens (tertiary/aromatic N) is 1. The molecule has 7 heteroatoms. The van der Waals surface area contributed by atoms with E-state index >= 15 is 0 Å². The van der Waals surface area contributed by atoms with Gasteiger partial charge < -0.3 is 15.0 Å². The van der Waals surface area contributed by atoms with Crippen molar-refractivity contribution < 1.29 is 19.1 Å². The predicted octanol–water partition coefficient (Wildman–Crippen LogP) is 3.49. The van der Waals surface area contributed by atoms with Gasteiger partial charge in [0.25, 0.3) is 5.91 Å². The van der Waals surface area contributed by atoms with Crippen molar-refractivity contribution in [2.24, 2.45) is 5.92 Å². The molecule has 28 heavy (non-hydrogen) atoms. The van der Waals surface area contributed by atoms with E-state index in [9.17, 15) is 14.4 Å². The summed E-state index contributed by atoms with van der Waals surface area (Å²) in [5.74, 6) is -1.73. The molecule has 1 N–H and O–H groups in total. The van der Waals surface area contributed by atoms with Crippen molar-refractivity contribution in [1.29, 1.82) is 0 Å². The fourth-order valence-electron chi connectivity index (χ4n) is 3.06. The van der Waals surface area contributed by atoms with Crippen molar-refractivity contribution in [3.05, 3.63) is 58.6 Å². The van der Waals surface area contributed by atoms with Crippen LogP contribution in [-0.2, 0) is 19.1 Å². The van der Waals surface area contributed by atoms with Gasteiger partial charge >= 0.3 is 5.97 Å². The molecule has 3 rings (SSSR count). The summed E-state index contributed by atoms with van der Waals surface area (Å²) in [6, 6.07) is 12.4. The zero-order valence-corrected chi connectivity index (χ0v) is 16.5. The average Bonchev–Trinajstić information content (AvgIpc) is 3.06. The van der Waals surface area contributed by atoms with Crippen LogP contribution in [0.3, 0.4) is 0 Å². The van der Waals surface area contributed by atoms with Gasteiger partial charge in [-0.05, 0) is 55.3 Å². The second kappa shape index (κ2) is 8.44. The molecule has 1 fully saturated rings. The van der Waals surface area contributed by atoms with Crippen LogP contribution >= 0.6 is 11.6 Å². The molecule has 0 aromatic heterocycles. The Morgan fingerprint density at radius 3 is 2.61 bits per heavy atom. The number of ether oxygens (including phenoxy) is 1. The van der Waals surface area contributed by atoms with E-state index in [1.165, 1.54) is 4.90 Å². The van der Waals surface area contributed by atoms with Crippen LogP contribution in [0.15, 0.2) is 42.5 Å². The largest absolute Gasteiger partial charge is 0.455 e. The first-order chi connectivity index (χ1) is 13.3. The summed E-state index contributed by atoms with van der Waals surface area (Å²) < 4.78 is 5.13. The summed E-state index contributed by atoms with van der Waals surface area (Å²) in [5, 5.41) is 3.31. The summed E-state index contributed by atoms with van der Waals surface area (Å²) in [6.45, 7) is 3.69. The Kier molecular flexibility index (Phi) is 5.99. The van der Waals surface area contributed by atoms with E-state index in [1.807, 2.05) is 26.0 Å². The van der Waals surface area contributed by atoms with Crippen LogP contribution < -0.4 is 10.2 Å². The number of halogens is 1. The van der Waals surface area contributed by atoms with Gasteiger partial charge in [-0.15, -0.1) is 0 Å². The summed E-state index contributed by atoms with van der Waals surface area (Å²) in [6.07, 6.45) is 0.0556. The SMILES string of the molecule is Cc1cccc(NC(=O)COC(=O)[C@@H]2CC(=O)N(c3ccc(Cl)cc3)C2)c1C. The van der Waals surface area contributed by atoms with Gasteiger partial charge in [-0.2, -0.15) is 0 Å². The number of nitrogens with one attached hydrogen (secondary N) is 1. The maximum absolute atomic E-state index is 12.3. The topological polar surface area (TPSA) is 75.7 Å². The number of anilines is 2. The van der Waals surface area contributed by atoms with Crippen LogP contribution in [0.5, 0.6) is 0 Å². The molecule has 1 aliphatic rings. The van der Waals surface area contributed by atoms with E-state index in [4.69, 9.17) is 16.3 Å². The first-order valence-corrected chi connectivity index (χ1v) is 9.31. The average molecular weight is 401 g/mol. The summed E-state index contributed by atoms with van der Waals surface area (Å²) in [4.78, 5) is 38.2. The minimum atomic E-state index is -0.600. The molecule has 6 nitrogen and oxygen atoms in total. The summed E-state index contributed by atoms with van der Waals surface area (Å²) >= 11 is 5.87. The van der Waals surface area contributed by atoms with Gasteiger partial charge in [0.05, 0.1) is 5.92 Å². The molecule has 0 bridgehead atoms. The second-order valence-electron chi connectivity index (χ2n) is 6.79. The molecule has 2 aromatic carbocycles. The van der Waals surface area contributed by atoms with Crippen molar-refractivity contribution in [1.82, 2.24) is 0 Å². The Bertz CT molecular complexity index is 911. The lowest BCUT2D eigenvalue weighted by Gasteiger charge is -2.16. The molecule has 146 valence electrons. The Morgan fingerprint density at radius 2 is 1.89 bits per heavy atom. The minimum absolute atomic E-state index is 0.0556. The minimum Gasteiger partial charge on any atom is -0.455 e. The third-order valence-corrected chi connectivity index (χ3v) is 5.07. The highest BCUT2D eigenvalue weighted by Crippen LogP contribution is 2.27. The number of hydrogen-bond donors (Lipinski definition) is 1. The van der Waals surface area contributed by atoms with Crippen LogP contribution in [0.1, 0.15) is 17.5 Å². The van der Waals surface area contributed by atoms with E-state index in [0.29, 0.717) is 16.4 Å². The Hall–Kier alpha value is -2.86. The number of aryl methyl sites for hydroxylation is 1. The number of rotatable bonds is 5. The molecule has 2 amide bonds. The predicted molar refractivity (Wildman–Crippen MR) is 107 cm³/mol. The van der Waals surface area contributed by atoms with Gasteiger partial charge in [-0.1, -0.05) is 23.7 Å². The van der Waals surface area contributed by atoms with Crippen LogP contribution in [0.25, 0.3) is 0 Å². The van der Waals surface area contributed by atoms with Crippen LogP contribution in [0.2, 0.25) is 5.02 Å². The Labute approximate surface area is 168 Å². The highest BCUT2D eigenvalue weighted by molar-refractivity contribution is 6.30. The first kappa shape index (κ1) is 19.9. The third-order valence-electron chi connectivity index (χ3n) is 4.82. The number of esters is 1. The maximum Gasteiger partial charge on any atom is 0.311 e. The van der Waals surface area contributed by atoms with Crippen molar-refractivity contribution in [2.75, 3.05) is 23.4 Å². The quantitative estimate of drug-likeness (QED) is 0.779. The number of carbonyl (C=O) groups excluding carboxylic acids is 3. The molecule has 1 aliphatic heterocycles. The summed E-state index contributed by atoms with van der Waals surface area (Å²) in [7, 11) is 0. The van der Waals surface area contributed by atoms with E-state index < -0.39 is 24.4 Å². The highest BCUT2D eigenvalue weighted by atomic mass is 35.5. The van der Waals surface area contributed by atoms with Crippen molar-refractivity contribution in [3.8, 4) is 0 Å². The summed E-state index contributed by atoms with van der Waals surface area (Å²) in [5.41, 5.74) is 3.38. The molecule has 0 spiro atoms. The van der Waals surface area contributed by atoms with E-state index in [-0.39, 0.29) is 18.9 Å². The number of benzene rings is 2. The first-order valence-electron chi connectivity index (χ1n) is 8.94. The number of hydrogen-bond acceptors (Lipinski definition) is 4. The lowest BCUT2D eigenvalue weighted by Crippen LogP contribution is -2.28.